The van der Waals surface area contributed by atoms with Gasteiger partial charge >= 0.3 is 0 Å². The number of hydrogen-bond acceptors (Lipinski definition) is 5. The second-order valence-corrected chi connectivity index (χ2v) is 10.8. The molecule has 1 aromatic heterocycles. The first kappa shape index (κ1) is 22.9. The van der Waals surface area contributed by atoms with Gasteiger partial charge in [0.25, 0.3) is 5.56 Å². The number of allylic oxidation sites excluding steroid dienone is 2. The van der Waals surface area contributed by atoms with E-state index in [9.17, 15) is 14.0 Å². The molecule has 3 aromatic rings. The predicted molar refractivity (Wildman–Crippen MR) is 133 cm³/mol. The van der Waals surface area contributed by atoms with Crippen LogP contribution in [-0.2, 0) is 10.5 Å². The van der Waals surface area contributed by atoms with Gasteiger partial charge in [0.15, 0.2) is 10.9 Å². The molecular formula is C26H23ClFN3O2S. The number of hydrogen-bond donors (Lipinski definition) is 2. The second-order valence-electron chi connectivity index (χ2n) is 9.46. The van der Waals surface area contributed by atoms with Gasteiger partial charge in [-0.15, -0.1) is 0 Å². The van der Waals surface area contributed by atoms with Gasteiger partial charge in [-0.2, -0.15) is 0 Å². The number of fused-ring (bicyclic) bond motifs is 1. The zero-order valence-electron chi connectivity index (χ0n) is 18.7. The minimum absolute atomic E-state index is 0.00436. The lowest BCUT2D eigenvalue weighted by atomic mass is 9.69. The molecule has 0 bridgehead atoms. The van der Waals surface area contributed by atoms with Gasteiger partial charge < -0.3 is 10.3 Å². The van der Waals surface area contributed by atoms with Crippen molar-refractivity contribution in [2.45, 2.75) is 43.5 Å². The molecule has 5 nitrogen and oxygen atoms in total. The molecule has 0 saturated heterocycles. The first-order valence-electron chi connectivity index (χ1n) is 11.0. The highest BCUT2D eigenvalue weighted by Gasteiger charge is 2.42. The van der Waals surface area contributed by atoms with Crippen LogP contribution in [0.25, 0.3) is 0 Å². The first-order valence-corrected chi connectivity index (χ1v) is 12.4. The summed E-state index contributed by atoms with van der Waals surface area (Å²) in [5, 5.41) is 4.41. The maximum atomic E-state index is 13.7. The smallest absolute Gasteiger partial charge is 0.257 e. The number of anilines is 1. The van der Waals surface area contributed by atoms with Crippen LogP contribution in [0, 0.1) is 11.2 Å². The molecule has 5 rings (SSSR count). The molecule has 174 valence electrons. The van der Waals surface area contributed by atoms with E-state index in [0.717, 1.165) is 11.3 Å². The molecule has 1 aliphatic heterocycles. The molecule has 0 spiro atoms. The van der Waals surface area contributed by atoms with Gasteiger partial charge in [-0.25, -0.2) is 9.37 Å². The summed E-state index contributed by atoms with van der Waals surface area (Å²) < 4.78 is 13.7. The van der Waals surface area contributed by atoms with Crippen LogP contribution in [-0.4, -0.2) is 15.8 Å². The number of aromatic nitrogens is 2. The number of thioether (sulfide) groups is 1. The lowest BCUT2D eigenvalue weighted by molar-refractivity contribution is -0.118. The van der Waals surface area contributed by atoms with Gasteiger partial charge in [0.1, 0.15) is 11.6 Å². The molecule has 1 atom stereocenters. The molecular weight excluding hydrogens is 473 g/mol. The van der Waals surface area contributed by atoms with Crippen LogP contribution < -0.4 is 10.9 Å². The Morgan fingerprint density at radius 2 is 1.85 bits per heavy atom. The molecule has 2 aliphatic rings. The van der Waals surface area contributed by atoms with Crippen molar-refractivity contribution in [3.8, 4) is 0 Å². The zero-order chi connectivity index (χ0) is 24.0. The Morgan fingerprint density at radius 3 is 2.59 bits per heavy atom. The Kier molecular flexibility index (Phi) is 5.86. The number of Topliss-reactive ketones (excluding diaryl/α,β-unsaturated/α-hetero) is 1. The molecule has 0 saturated carbocycles. The van der Waals surface area contributed by atoms with Crippen LogP contribution in [0.15, 0.2) is 69.8 Å². The van der Waals surface area contributed by atoms with Gasteiger partial charge in [-0.05, 0) is 41.2 Å². The van der Waals surface area contributed by atoms with E-state index in [2.05, 4.69) is 24.1 Å². The van der Waals surface area contributed by atoms with E-state index in [1.807, 2.05) is 24.3 Å². The fraction of sp³-hybridized carbons (Fsp3) is 0.269. The molecule has 1 unspecified atom stereocenters. The molecule has 34 heavy (non-hydrogen) atoms. The van der Waals surface area contributed by atoms with Crippen molar-refractivity contribution < 1.29 is 9.18 Å². The Hall–Kier alpha value is -2.90. The van der Waals surface area contributed by atoms with Gasteiger partial charge in [0.05, 0.1) is 5.56 Å². The third kappa shape index (κ3) is 4.30. The number of carbonyl (C=O) groups excluding carboxylic acids is 1. The average Bonchev–Trinajstić information content (AvgIpc) is 2.77. The summed E-state index contributed by atoms with van der Waals surface area (Å²) in [6.07, 6.45) is 1.04. The molecule has 2 heterocycles. The standard InChI is InChI=1S/C26H23ClFN3O2S/c1-26(2)11-18-21(19(32)12-26)20(14-7-9-16(28)10-8-14)22-23(29-18)30-25(31-24(22)33)34-13-15-5-3-4-6-17(15)27/h3-10,20H,11-13H2,1-2H3,(H2,29,30,31,33). The van der Waals surface area contributed by atoms with Crippen molar-refractivity contribution in [1.29, 1.82) is 0 Å². The third-order valence-corrected chi connectivity index (χ3v) is 7.52. The normalized spacial score (nSPS) is 18.8. The molecule has 0 fully saturated rings. The van der Waals surface area contributed by atoms with E-state index >= 15 is 0 Å². The maximum absolute atomic E-state index is 13.7. The van der Waals surface area contributed by atoms with E-state index in [0.29, 0.717) is 51.3 Å². The molecule has 2 aromatic carbocycles. The summed E-state index contributed by atoms with van der Waals surface area (Å²) in [5.41, 5.74) is 2.82. The SMILES string of the molecule is CC1(C)CC(=O)C2=C(C1)Nc1nc(SCc3ccccc3Cl)[nH]c(=O)c1C2c1ccc(F)cc1. The van der Waals surface area contributed by atoms with Crippen LogP contribution in [0.1, 0.15) is 49.3 Å². The zero-order valence-corrected chi connectivity index (χ0v) is 20.3. The highest BCUT2D eigenvalue weighted by Crippen LogP contribution is 2.47. The molecule has 8 heteroatoms. The summed E-state index contributed by atoms with van der Waals surface area (Å²) in [7, 11) is 0. The first-order chi connectivity index (χ1) is 16.2. The van der Waals surface area contributed by atoms with E-state index in [1.165, 1.54) is 23.9 Å². The van der Waals surface area contributed by atoms with Crippen molar-refractivity contribution in [3.05, 3.63) is 97.7 Å². The van der Waals surface area contributed by atoms with Crippen LogP contribution in [0.5, 0.6) is 0 Å². The van der Waals surface area contributed by atoms with Gasteiger partial charge in [0, 0.05) is 34.4 Å². The fourth-order valence-electron chi connectivity index (χ4n) is 4.71. The van der Waals surface area contributed by atoms with Gasteiger partial charge in [-0.1, -0.05) is 67.5 Å². The number of halogens is 2. The lowest BCUT2D eigenvalue weighted by Gasteiger charge is -2.38. The van der Waals surface area contributed by atoms with Gasteiger partial charge in [-0.3, -0.25) is 9.59 Å². The Morgan fingerprint density at radius 1 is 1.12 bits per heavy atom. The summed E-state index contributed by atoms with van der Waals surface area (Å²) >= 11 is 7.65. The number of benzene rings is 2. The number of carbonyl (C=O) groups is 1. The predicted octanol–water partition coefficient (Wildman–Crippen LogP) is 6.06. The number of nitrogens with zero attached hydrogens (tertiary/aromatic N) is 1. The minimum atomic E-state index is -0.602. The molecule has 1 aliphatic carbocycles. The minimum Gasteiger partial charge on any atom is -0.343 e. The van der Waals surface area contributed by atoms with Gasteiger partial charge in [0.2, 0.25) is 0 Å². The topological polar surface area (TPSA) is 74.8 Å². The van der Waals surface area contributed by atoms with Crippen LogP contribution in [0.4, 0.5) is 10.2 Å². The Bertz CT molecular complexity index is 1380. The number of ketones is 1. The summed E-state index contributed by atoms with van der Waals surface area (Å²) in [5.74, 6) is -0.00224. The number of rotatable bonds is 4. The number of aromatic amines is 1. The highest BCUT2D eigenvalue weighted by atomic mass is 35.5. The average molecular weight is 496 g/mol. The summed E-state index contributed by atoms with van der Waals surface area (Å²) in [6, 6.07) is 13.5. The Labute approximate surface area is 205 Å². The largest absolute Gasteiger partial charge is 0.343 e. The number of nitrogens with one attached hydrogen (secondary N) is 2. The molecule has 0 radical (unpaired) electrons. The molecule has 0 amide bonds. The third-order valence-electron chi connectivity index (χ3n) is 6.23. The lowest BCUT2D eigenvalue weighted by Crippen LogP contribution is -2.37. The van der Waals surface area contributed by atoms with Crippen LogP contribution in [0.3, 0.4) is 0 Å². The van der Waals surface area contributed by atoms with E-state index < -0.39 is 5.92 Å². The highest BCUT2D eigenvalue weighted by molar-refractivity contribution is 7.98. The monoisotopic (exact) mass is 495 g/mol. The van der Waals surface area contributed by atoms with E-state index in [4.69, 9.17) is 16.6 Å². The van der Waals surface area contributed by atoms with Crippen molar-refractivity contribution in [2.75, 3.05) is 5.32 Å². The van der Waals surface area contributed by atoms with Crippen molar-refractivity contribution in [1.82, 2.24) is 9.97 Å². The molecule has 2 N–H and O–H groups in total. The van der Waals surface area contributed by atoms with E-state index in [-0.39, 0.29) is 22.6 Å². The van der Waals surface area contributed by atoms with Crippen molar-refractivity contribution >= 4 is 35.0 Å². The van der Waals surface area contributed by atoms with Crippen molar-refractivity contribution in [2.24, 2.45) is 5.41 Å². The fourth-order valence-corrected chi connectivity index (χ4v) is 5.86. The summed E-state index contributed by atoms with van der Waals surface area (Å²) in [6.45, 7) is 4.10. The Balaban J connectivity index is 1.59. The number of H-pyrrole nitrogens is 1. The summed E-state index contributed by atoms with van der Waals surface area (Å²) in [4.78, 5) is 34.2. The maximum Gasteiger partial charge on any atom is 0.257 e. The van der Waals surface area contributed by atoms with E-state index in [1.54, 1.807) is 12.1 Å². The van der Waals surface area contributed by atoms with Crippen LogP contribution in [0.2, 0.25) is 5.02 Å². The quantitative estimate of drug-likeness (QED) is 0.340. The second kappa shape index (κ2) is 8.71. The van der Waals surface area contributed by atoms with Crippen LogP contribution >= 0.6 is 23.4 Å². The van der Waals surface area contributed by atoms with Crippen molar-refractivity contribution in [3.63, 3.8) is 0 Å².